The molecule has 1 atom stereocenters. The number of hydrogen-bond donors (Lipinski definition) is 1. The van der Waals surface area contributed by atoms with Crippen molar-refractivity contribution in [3.63, 3.8) is 0 Å². The van der Waals surface area contributed by atoms with Crippen molar-refractivity contribution >= 4 is 22.7 Å². The monoisotopic (exact) mass is 332 g/mol. The van der Waals surface area contributed by atoms with Crippen molar-refractivity contribution in [1.29, 1.82) is 0 Å². The Hall–Kier alpha value is -2.47. The Bertz CT molecular complexity index is 695. The first-order valence-corrected chi connectivity index (χ1v) is 8.40. The van der Waals surface area contributed by atoms with E-state index in [-0.39, 0.29) is 23.7 Å². The summed E-state index contributed by atoms with van der Waals surface area (Å²) in [5.74, 6) is -1.54. The van der Waals surface area contributed by atoms with Crippen molar-refractivity contribution < 1.29 is 23.6 Å². The standard InChI is InChI=1S/C17H16O5S/c18-16(22-10-13-4-2-1-3-5-13)12-23(21)11-14-6-8-15(9-7-14)17(19)20/h1-9H,10-12H2,(H,19,20). The van der Waals surface area contributed by atoms with Gasteiger partial charge < -0.3 is 9.84 Å². The number of carboxylic acids is 1. The van der Waals surface area contributed by atoms with Crippen molar-refractivity contribution in [3.05, 3.63) is 71.3 Å². The summed E-state index contributed by atoms with van der Waals surface area (Å²) >= 11 is 0. The fourth-order valence-electron chi connectivity index (χ4n) is 1.89. The number of ether oxygens (including phenoxy) is 1. The molecule has 5 nitrogen and oxygen atoms in total. The number of aromatic carboxylic acids is 1. The van der Waals surface area contributed by atoms with Gasteiger partial charge in [0.25, 0.3) is 0 Å². The van der Waals surface area contributed by atoms with Gasteiger partial charge in [0.1, 0.15) is 12.4 Å². The fraction of sp³-hybridized carbons (Fsp3) is 0.176. The lowest BCUT2D eigenvalue weighted by Crippen LogP contribution is -2.15. The third-order valence-corrected chi connectivity index (χ3v) is 4.26. The summed E-state index contributed by atoms with van der Waals surface area (Å²) in [5, 5.41) is 8.81. The molecule has 0 saturated heterocycles. The van der Waals surface area contributed by atoms with Crippen LogP contribution in [0.2, 0.25) is 0 Å². The number of carbonyl (C=O) groups excluding carboxylic acids is 1. The highest BCUT2D eigenvalue weighted by molar-refractivity contribution is 7.84. The molecule has 6 heteroatoms. The highest BCUT2D eigenvalue weighted by Crippen LogP contribution is 2.08. The van der Waals surface area contributed by atoms with E-state index in [0.29, 0.717) is 5.56 Å². The average molecular weight is 332 g/mol. The van der Waals surface area contributed by atoms with Crippen LogP contribution in [0, 0.1) is 0 Å². The molecule has 1 unspecified atom stereocenters. The van der Waals surface area contributed by atoms with E-state index in [1.165, 1.54) is 12.1 Å². The van der Waals surface area contributed by atoms with Gasteiger partial charge in [-0.15, -0.1) is 0 Å². The maximum atomic E-state index is 11.9. The van der Waals surface area contributed by atoms with Crippen LogP contribution in [-0.2, 0) is 32.7 Å². The molecule has 0 saturated carbocycles. The Balaban J connectivity index is 1.79. The molecule has 0 amide bonds. The van der Waals surface area contributed by atoms with Crippen LogP contribution in [0.3, 0.4) is 0 Å². The second kappa shape index (κ2) is 8.24. The van der Waals surface area contributed by atoms with Gasteiger partial charge in [-0.05, 0) is 23.3 Å². The molecule has 120 valence electrons. The number of esters is 1. The van der Waals surface area contributed by atoms with Crippen molar-refractivity contribution in [1.82, 2.24) is 0 Å². The number of hydrogen-bond acceptors (Lipinski definition) is 4. The molecular weight excluding hydrogens is 316 g/mol. The average Bonchev–Trinajstić information content (AvgIpc) is 2.54. The van der Waals surface area contributed by atoms with Crippen molar-refractivity contribution in [2.75, 3.05) is 5.75 Å². The molecular formula is C17H16O5S. The van der Waals surface area contributed by atoms with Crippen LogP contribution in [0.4, 0.5) is 0 Å². The molecule has 1 N–H and O–H groups in total. The third-order valence-electron chi connectivity index (χ3n) is 3.05. The lowest BCUT2D eigenvalue weighted by atomic mass is 10.1. The minimum Gasteiger partial charge on any atom is -0.478 e. The van der Waals surface area contributed by atoms with Gasteiger partial charge in [0, 0.05) is 16.6 Å². The zero-order chi connectivity index (χ0) is 16.7. The van der Waals surface area contributed by atoms with Crippen LogP contribution in [-0.4, -0.2) is 27.0 Å². The smallest absolute Gasteiger partial charge is 0.335 e. The van der Waals surface area contributed by atoms with Crippen LogP contribution < -0.4 is 0 Å². The molecule has 0 aliphatic rings. The van der Waals surface area contributed by atoms with Crippen molar-refractivity contribution in [2.45, 2.75) is 12.4 Å². The van der Waals surface area contributed by atoms with Gasteiger partial charge in [-0.2, -0.15) is 0 Å². The van der Waals surface area contributed by atoms with E-state index >= 15 is 0 Å². The van der Waals surface area contributed by atoms with E-state index in [1.807, 2.05) is 30.3 Å². The molecule has 0 aliphatic carbocycles. The van der Waals surface area contributed by atoms with Gasteiger partial charge in [0.2, 0.25) is 0 Å². The third kappa shape index (κ3) is 5.67. The Morgan fingerprint density at radius 2 is 1.61 bits per heavy atom. The van der Waals surface area contributed by atoms with E-state index in [1.54, 1.807) is 12.1 Å². The molecule has 0 spiro atoms. The topological polar surface area (TPSA) is 80.7 Å². The first-order valence-electron chi connectivity index (χ1n) is 6.91. The number of benzene rings is 2. The van der Waals surface area contributed by atoms with Gasteiger partial charge in [-0.1, -0.05) is 42.5 Å². The summed E-state index contributed by atoms with van der Waals surface area (Å²) < 4.78 is 17.0. The van der Waals surface area contributed by atoms with Crippen LogP contribution in [0.5, 0.6) is 0 Å². The minimum atomic E-state index is -1.40. The van der Waals surface area contributed by atoms with Crippen molar-refractivity contribution in [3.8, 4) is 0 Å². The van der Waals surface area contributed by atoms with Gasteiger partial charge >= 0.3 is 11.9 Å². The number of carbonyl (C=O) groups is 2. The first-order chi connectivity index (χ1) is 11.0. The Morgan fingerprint density at radius 3 is 2.22 bits per heavy atom. The summed E-state index contributed by atoms with van der Waals surface area (Å²) in [7, 11) is -1.40. The first kappa shape index (κ1) is 16.9. The van der Waals surface area contributed by atoms with Crippen LogP contribution in [0.25, 0.3) is 0 Å². The van der Waals surface area contributed by atoms with Gasteiger partial charge in [-0.3, -0.25) is 9.00 Å². The summed E-state index contributed by atoms with van der Waals surface area (Å²) in [6, 6.07) is 15.3. The second-order valence-electron chi connectivity index (χ2n) is 4.88. The lowest BCUT2D eigenvalue weighted by molar-refractivity contribution is -0.141. The summed E-state index contributed by atoms with van der Waals surface area (Å²) in [6.07, 6.45) is 0. The van der Waals surface area contributed by atoms with E-state index < -0.39 is 22.7 Å². The molecule has 2 rings (SSSR count). The number of rotatable bonds is 7. The predicted octanol–water partition coefficient (Wildman–Crippen LogP) is 2.38. The lowest BCUT2D eigenvalue weighted by Gasteiger charge is -2.05. The highest BCUT2D eigenvalue weighted by atomic mass is 32.2. The molecule has 0 bridgehead atoms. The largest absolute Gasteiger partial charge is 0.478 e. The minimum absolute atomic E-state index is 0.157. The van der Waals surface area contributed by atoms with Gasteiger partial charge in [-0.25, -0.2) is 4.79 Å². The number of carboxylic acid groups (broad SMARTS) is 1. The van der Waals surface area contributed by atoms with Gasteiger partial charge in [0.05, 0.1) is 5.56 Å². The molecule has 2 aromatic rings. The van der Waals surface area contributed by atoms with E-state index in [9.17, 15) is 13.8 Å². The zero-order valence-corrected chi connectivity index (χ0v) is 13.1. The summed E-state index contributed by atoms with van der Waals surface area (Å²) in [6.45, 7) is 0.157. The second-order valence-corrected chi connectivity index (χ2v) is 6.33. The van der Waals surface area contributed by atoms with E-state index in [2.05, 4.69) is 0 Å². The maximum Gasteiger partial charge on any atom is 0.335 e. The zero-order valence-electron chi connectivity index (χ0n) is 12.3. The van der Waals surface area contributed by atoms with Crippen molar-refractivity contribution in [2.24, 2.45) is 0 Å². The van der Waals surface area contributed by atoms with E-state index in [0.717, 1.165) is 5.56 Å². The molecule has 0 heterocycles. The Kier molecular flexibility index (Phi) is 6.05. The SMILES string of the molecule is O=C(CS(=O)Cc1ccc(C(=O)O)cc1)OCc1ccccc1. The maximum absolute atomic E-state index is 11.9. The van der Waals surface area contributed by atoms with E-state index in [4.69, 9.17) is 9.84 Å². The molecule has 2 aromatic carbocycles. The molecule has 0 radical (unpaired) electrons. The Morgan fingerprint density at radius 1 is 0.957 bits per heavy atom. The Labute approximate surface area is 136 Å². The fourth-order valence-corrected chi connectivity index (χ4v) is 2.90. The normalized spacial score (nSPS) is 11.7. The van der Waals surface area contributed by atoms with Crippen LogP contribution in [0.15, 0.2) is 54.6 Å². The molecule has 0 fully saturated rings. The molecule has 0 aliphatic heterocycles. The molecule has 23 heavy (non-hydrogen) atoms. The van der Waals surface area contributed by atoms with Crippen LogP contribution in [0.1, 0.15) is 21.5 Å². The van der Waals surface area contributed by atoms with Crippen LogP contribution >= 0.6 is 0 Å². The quantitative estimate of drug-likeness (QED) is 0.787. The summed E-state index contributed by atoms with van der Waals surface area (Å²) in [4.78, 5) is 22.4. The molecule has 0 aromatic heterocycles. The van der Waals surface area contributed by atoms with Gasteiger partial charge in [0.15, 0.2) is 0 Å². The summed E-state index contributed by atoms with van der Waals surface area (Å²) in [5.41, 5.74) is 1.75. The highest BCUT2D eigenvalue weighted by Gasteiger charge is 2.11. The predicted molar refractivity (Wildman–Crippen MR) is 86.4 cm³/mol.